The van der Waals surface area contributed by atoms with E-state index in [1.54, 1.807) is 0 Å². The number of morpholine rings is 1. The van der Waals surface area contributed by atoms with Crippen molar-refractivity contribution >= 4 is 0 Å². The molecule has 2 unspecified atom stereocenters. The van der Waals surface area contributed by atoms with Gasteiger partial charge in [0.25, 0.3) is 0 Å². The van der Waals surface area contributed by atoms with Crippen molar-refractivity contribution in [2.45, 2.75) is 37.6 Å². The molecular weight excluding hydrogens is 195 g/mol. The van der Waals surface area contributed by atoms with Crippen LogP contribution in [0.2, 0.25) is 0 Å². The molecule has 0 radical (unpaired) electrons. The van der Waals surface area contributed by atoms with Crippen molar-refractivity contribution < 1.29 is 17.9 Å². The van der Waals surface area contributed by atoms with Crippen LogP contribution >= 0.6 is 0 Å². The topological polar surface area (TPSA) is 21.3 Å². The van der Waals surface area contributed by atoms with Gasteiger partial charge in [0.2, 0.25) is 0 Å². The monoisotopic (exact) mass is 209 g/mol. The molecule has 1 aliphatic carbocycles. The van der Waals surface area contributed by atoms with Gasteiger partial charge in [0.1, 0.15) is 0 Å². The van der Waals surface area contributed by atoms with E-state index in [4.69, 9.17) is 4.74 Å². The molecule has 0 aromatic heterocycles. The maximum atomic E-state index is 12.3. The zero-order valence-electron chi connectivity index (χ0n) is 7.81. The maximum absolute atomic E-state index is 12.3. The largest absolute Gasteiger partial charge is 0.415 e. The number of nitrogens with one attached hydrogen (secondary N) is 1. The Bertz CT molecular complexity index is 203. The van der Waals surface area contributed by atoms with E-state index in [9.17, 15) is 13.2 Å². The molecule has 82 valence electrons. The van der Waals surface area contributed by atoms with Crippen LogP contribution in [0.15, 0.2) is 0 Å². The Morgan fingerprint density at radius 3 is 2.36 bits per heavy atom. The lowest BCUT2D eigenvalue weighted by Gasteiger charge is -2.39. The highest BCUT2D eigenvalue weighted by atomic mass is 19.4. The van der Waals surface area contributed by atoms with Crippen LogP contribution < -0.4 is 5.32 Å². The van der Waals surface area contributed by atoms with Gasteiger partial charge in [0.15, 0.2) is 6.10 Å². The molecule has 2 nitrogen and oxygen atoms in total. The van der Waals surface area contributed by atoms with Crippen molar-refractivity contribution in [3.05, 3.63) is 0 Å². The summed E-state index contributed by atoms with van der Waals surface area (Å²) in [6.45, 7) is 0.462. The van der Waals surface area contributed by atoms with Gasteiger partial charge >= 0.3 is 6.18 Å². The van der Waals surface area contributed by atoms with Gasteiger partial charge in [0, 0.05) is 13.1 Å². The van der Waals surface area contributed by atoms with E-state index in [0.717, 1.165) is 19.3 Å². The Balaban J connectivity index is 1.90. The average Bonchev–Trinajstić information content (AvgIpc) is 2.00. The minimum absolute atomic E-state index is 0.104. The fraction of sp³-hybridized carbons (Fsp3) is 1.00. The van der Waals surface area contributed by atoms with E-state index in [-0.39, 0.29) is 12.6 Å². The number of rotatable bonds is 1. The first-order valence-corrected chi connectivity index (χ1v) is 5.00. The Morgan fingerprint density at radius 1 is 1.14 bits per heavy atom. The molecule has 2 fully saturated rings. The van der Waals surface area contributed by atoms with Gasteiger partial charge in [-0.3, -0.25) is 0 Å². The molecule has 0 aromatic carbocycles. The van der Waals surface area contributed by atoms with Crippen LogP contribution in [0, 0.1) is 5.92 Å². The molecule has 0 spiro atoms. The summed E-state index contributed by atoms with van der Waals surface area (Å²) in [5.41, 5.74) is 0. The van der Waals surface area contributed by atoms with Gasteiger partial charge in [-0.25, -0.2) is 0 Å². The first kappa shape index (κ1) is 10.2. The van der Waals surface area contributed by atoms with E-state index in [1.807, 2.05) is 0 Å². The lowest BCUT2D eigenvalue weighted by atomic mass is 9.80. The summed E-state index contributed by atoms with van der Waals surface area (Å²) >= 11 is 0. The van der Waals surface area contributed by atoms with Crippen LogP contribution in [0.5, 0.6) is 0 Å². The lowest BCUT2D eigenvalue weighted by molar-refractivity contribution is -0.247. The molecule has 0 bridgehead atoms. The normalized spacial score (nSPS) is 35.4. The number of hydrogen-bond acceptors (Lipinski definition) is 2. The molecule has 2 atom stereocenters. The highest BCUT2D eigenvalue weighted by Gasteiger charge is 2.45. The SMILES string of the molecule is FC(F)(F)C1CNCC(C2CCC2)O1. The van der Waals surface area contributed by atoms with Crippen molar-refractivity contribution in [2.75, 3.05) is 13.1 Å². The fourth-order valence-electron chi connectivity index (χ4n) is 1.95. The molecule has 1 heterocycles. The summed E-state index contributed by atoms with van der Waals surface area (Å²) in [5.74, 6) is 0.340. The van der Waals surface area contributed by atoms with Crippen LogP contribution in [0.3, 0.4) is 0 Å². The summed E-state index contributed by atoms with van der Waals surface area (Å²) in [7, 11) is 0. The van der Waals surface area contributed by atoms with Crippen LogP contribution in [0.25, 0.3) is 0 Å². The van der Waals surface area contributed by atoms with Crippen molar-refractivity contribution in [3.63, 3.8) is 0 Å². The van der Waals surface area contributed by atoms with Gasteiger partial charge in [-0.2, -0.15) is 13.2 Å². The van der Waals surface area contributed by atoms with Crippen molar-refractivity contribution in [3.8, 4) is 0 Å². The van der Waals surface area contributed by atoms with E-state index in [0.29, 0.717) is 12.5 Å². The zero-order valence-corrected chi connectivity index (χ0v) is 7.81. The molecule has 0 amide bonds. The first-order valence-electron chi connectivity index (χ1n) is 5.00. The van der Waals surface area contributed by atoms with Crippen LogP contribution in [-0.4, -0.2) is 31.5 Å². The highest BCUT2D eigenvalue weighted by Crippen LogP contribution is 2.34. The van der Waals surface area contributed by atoms with Crippen molar-refractivity contribution in [2.24, 2.45) is 5.92 Å². The minimum Gasteiger partial charge on any atom is -0.363 e. The first-order chi connectivity index (χ1) is 6.57. The molecule has 0 aromatic rings. The molecule has 2 rings (SSSR count). The number of halogens is 3. The Morgan fingerprint density at radius 2 is 1.86 bits per heavy atom. The summed E-state index contributed by atoms with van der Waals surface area (Å²) in [5, 5.41) is 2.80. The van der Waals surface area contributed by atoms with Gasteiger partial charge in [-0.1, -0.05) is 6.42 Å². The van der Waals surface area contributed by atoms with E-state index in [1.165, 1.54) is 0 Å². The predicted octanol–water partition coefficient (Wildman–Crippen LogP) is 1.71. The third kappa shape index (κ3) is 2.03. The summed E-state index contributed by atoms with van der Waals surface area (Å²) < 4.78 is 42.1. The predicted molar refractivity (Wildman–Crippen MR) is 44.9 cm³/mol. The summed E-state index contributed by atoms with van der Waals surface area (Å²) in [6.07, 6.45) is -2.92. The van der Waals surface area contributed by atoms with Crippen molar-refractivity contribution in [1.29, 1.82) is 0 Å². The second-order valence-corrected chi connectivity index (χ2v) is 4.05. The second kappa shape index (κ2) is 3.70. The van der Waals surface area contributed by atoms with Crippen LogP contribution in [0.1, 0.15) is 19.3 Å². The zero-order chi connectivity index (χ0) is 10.2. The lowest BCUT2D eigenvalue weighted by Crippen LogP contribution is -2.54. The van der Waals surface area contributed by atoms with Gasteiger partial charge in [-0.05, 0) is 18.8 Å². The fourth-order valence-corrected chi connectivity index (χ4v) is 1.95. The van der Waals surface area contributed by atoms with E-state index < -0.39 is 12.3 Å². The van der Waals surface area contributed by atoms with E-state index >= 15 is 0 Å². The van der Waals surface area contributed by atoms with Crippen LogP contribution in [-0.2, 0) is 4.74 Å². The molecule has 2 aliphatic rings. The second-order valence-electron chi connectivity index (χ2n) is 4.05. The number of ether oxygens (including phenoxy) is 1. The van der Waals surface area contributed by atoms with Gasteiger partial charge < -0.3 is 10.1 Å². The Hall–Kier alpha value is -0.290. The summed E-state index contributed by atoms with van der Waals surface area (Å²) in [4.78, 5) is 0. The number of hydrogen-bond donors (Lipinski definition) is 1. The molecular formula is C9H14F3NO. The van der Waals surface area contributed by atoms with Crippen molar-refractivity contribution in [1.82, 2.24) is 5.32 Å². The van der Waals surface area contributed by atoms with Gasteiger partial charge in [-0.15, -0.1) is 0 Å². The molecule has 1 aliphatic heterocycles. The minimum atomic E-state index is -4.23. The third-order valence-corrected chi connectivity index (χ3v) is 3.06. The van der Waals surface area contributed by atoms with Gasteiger partial charge in [0.05, 0.1) is 6.10 Å². The highest BCUT2D eigenvalue weighted by molar-refractivity contribution is 4.86. The van der Waals surface area contributed by atoms with Crippen LogP contribution in [0.4, 0.5) is 13.2 Å². The maximum Gasteiger partial charge on any atom is 0.415 e. The smallest absolute Gasteiger partial charge is 0.363 e. The molecule has 14 heavy (non-hydrogen) atoms. The molecule has 5 heteroatoms. The Labute approximate surface area is 80.8 Å². The molecule has 1 N–H and O–H groups in total. The average molecular weight is 209 g/mol. The summed E-state index contributed by atoms with van der Waals surface area (Å²) in [6, 6.07) is 0. The standard InChI is InChI=1S/C9H14F3NO/c10-9(11,12)8-5-13-4-7(14-8)6-2-1-3-6/h6-8,13H,1-5H2. The molecule has 1 saturated carbocycles. The quantitative estimate of drug-likeness (QED) is 0.709. The number of alkyl halides is 3. The third-order valence-electron chi connectivity index (χ3n) is 3.06. The van der Waals surface area contributed by atoms with E-state index in [2.05, 4.69) is 5.32 Å². The Kier molecular flexibility index (Phi) is 2.70. The molecule has 1 saturated heterocycles.